The Morgan fingerprint density at radius 1 is 0.862 bits per heavy atom. The van der Waals surface area contributed by atoms with Gasteiger partial charge in [-0.1, -0.05) is 66.7 Å². The van der Waals surface area contributed by atoms with E-state index in [0.29, 0.717) is 4.88 Å². The fourth-order valence-electron chi connectivity index (χ4n) is 2.70. The summed E-state index contributed by atoms with van der Waals surface area (Å²) in [6, 6.07) is 22.1. The molecule has 3 aromatic rings. The van der Waals surface area contributed by atoms with Crippen LogP contribution in [0.25, 0.3) is 0 Å². The molecule has 0 saturated carbocycles. The molecule has 0 radical (unpaired) electrons. The van der Waals surface area contributed by atoms with Gasteiger partial charge in [-0.2, -0.15) is 0 Å². The number of carbonyl (C=O) groups is 3. The summed E-state index contributed by atoms with van der Waals surface area (Å²) >= 11 is 1.28. The minimum absolute atomic E-state index is 0.301. The zero-order valence-electron chi connectivity index (χ0n) is 15.5. The highest BCUT2D eigenvalue weighted by molar-refractivity contribution is 7.12. The molecule has 0 bridgehead atoms. The van der Waals surface area contributed by atoms with E-state index in [4.69, 9.17) is 4.74 Å². The molecule has 0 saturated heterocycles. The molecule has 7 heteroatoms. The summed E-state index contributed by atoms with van der Waals surface area (Å²) in [6.45, 7) is -0.727. The molecular formula is C22H20N2O4S. The molecule has 3 rings (SSSR count). The Bertz CT molecular complexity index is 904. The Morgan fingerprint density at radius 2 is 1.48 bits per heavy atom. The first kappa shape index (κ1) is 20.3. The number of amides is 2. The summed E-state index contributed by atoms with van der Waals surface area (Å²) in [5, 5.41) is 7.13. The normalized spacial score (nSPS) is 10.4. The summed E-state index contributed by atoms with van der Waals surface area (Å²) in [5.41, 5.74) is 1.84. The fourth-order valence-corrected chi connectivity index (χ4v) is 3.34. The molecule has 0 unspecified atom stereocenters. The molecule has 0 aliphatic rings. The van der Waals surface area contributed by atoms with Crippen LogP contribution in [0.3, 0.4) is 0 Å². The van der Waals surface area contributed by atoms with Crippen molar-refractivity contribution in [3.05, 3.63) is 94.2 Å². The van der Waals surface area contributed by atoms with Crippen molar-refractivity contribution in [2.75, 3.05) is 13.2 Å². The highest BCUT2D eigenvalue weighted by Crippen LogP contribution is 2.21. The van der Waals surface area contributed by atoms with E-state index in [1.807, 2.05) is 60.7 Å². The van der Waals surface area contributed by atoms with Gasteiger partial charge in [0.1, 0.15) is 6.54 Å². The maximum Gasteiger partial charge on any atom is 0.325 e. The zero-order valence-corrected chi connectivity index (χ0v) is 16.4. The number of esters is 1. The van der Waals surface area contributed by atoms with E-state index in [9.17, 15) is 14.4 Å². The molecule has 1 aromatic heterocycles. The van der Waals surface area contributed by atoms with Gasteiger partial charge in [-0.25, -0.2) is 0 Å². The van der Waals surface area contributed by atoms with Crippen LogP contribution in [0.2, 0.25) is 0 Å². The van der Waals surface area contributed by atoms with Crippen molar-refractivity contribution >= 4 is 29.1 Å². The molecule has 29 heavy (non-hydrogen) atoms. The Hall–Kier alpha value is -3.45. The first-order valence-corrected chi connectivity index (χ1v) is 9.88. The second-order valence-corrected chi connectivity index (χ2v) is 7.09. The van der Waals surface area contributed by atoms with Crippen LogP contribution in [0.5, 0.6) is 0 Å². The molecule has 0 spiro atoms. The van der Waals surface area contributed by atoms with Gasteiger partial charge >= 0.3 is 5.97 Å². The number of hydrogen-bond acceptors (Lipinski definition) is 5. The molecule has 0 atom stereocenters. The summed E-state index contributed by atoms with van der Waals surface area (Å²) < 4.78 is 4.98. The molecule has 0 aliphatic carbocycles. The molecule has 2 amide bonds. The van der Waals surface area contributed by atoms with Crippen molar-refractivity contribution in [2.24, 2.45) is 0 Å². The summed E-state index contributed by atoms with van der Waals surface area (Å²) in [5.74, 6) is -1.46. The summed E-state index contributed by atoms with van der Waals surface area (Å²) in [7, 11) is 0. The van der Waals surface area contributed by atoms with E-state index in [-0.39, 0.29) is 18.5 Å². The van der Waals surface area contributed by atoms with Gasteiger partial charge in [0.15, 0.2) is 6.61 Å². The van der Waals surface area contributed by atoms with Gasteiger partial charge in [0, 0.05) is 0 Å². The SMILES string of the molecule is O=C(COC(=O)CNC(=O)c1cccs1)NC(c1ccccc1)c1ccccc1. The van der Waals surface area contributed by atoms with Crippen LogP contribution in [0.4, 0.5) is 0 Å². The second kappa shape index (κ2) is 10.2. The number of benzene rings is 2. The van der Waals surface area contributed by atoms with Crippen LogP contribution in [0.1, 0.15) is 26.8 Å². The number of ether oxygens (including phenoxy) is 1. The Kier molecular flexibility index (Phi) is 7.13. The predicted octanol–water partition coefficient (Wildman–Crippen LogP) is 2.93. The molecule has 0 aliphatic heterocycles. The van der Waals surface area contributed by atoms with Crippen LogP contribution in [0, 0.1) is 0 Å². The maximum atomic E-state index is 12.4. The number of hydrogen-bond donors (Lipinski definition) is 2. The largest absolute Gasteiger partial charge is 0.454 e. The van der Waals surface area contributed by atoms with Crippen molar-refractivity contribution in [1.29, 1.82) is 0 Å². The lowest BCUT2D eigenvalue weighted by Crippen LogP contribution is -2.35. The van der Waals surface area contributed by atoms with E-state index < -0.39 is 18.5 Å². The van der Waals surface area contributed by atoms with Crippen molar-refractivity contribution in [2.45, 2.75) is 6.04 Å². The lowest BCUT2D eigenvalue weighted by molar-refractivity contribution is -0.147. The number of rotatable bonds is 8. The van der Waals surface area contributed by atoms with Crippen molar-refractivity contribution < 1.29 is 19.1 Å². The van der Waals surface area contributed by atoms with E-state index in [1.54, 1.807) is 17.5 Å². The monoisotopic (exact) mass is 408 g/mol. The molecule has 2 aromatic carbocycles. The molecule has 2 N–H and O–H groups in total. The van der Waals surface area contributed by atoms with Gasteiger partial charge in [0.2, 0.25) is 0 Å². The van der Waals surface area contributed by atoms with E-state index >= 15 is 0 Å². The molecule has 1 heterocycles. The second-order valence-electron chi connectivity index (χ2n) is 6.14. The highest BCUT2D eigenvalue weighted by Gasteiger charge is 2.18. The summed E-state index contributed by atoms with van der Waals surface area (Å²) in [6.07, 6.45) is 0. The smallest absolute Gasteiger partial charge is 0.325 e. The van der Waals surface area contributed by atoms with Crippen molar-refractivity contribution in [3.63, 3.8) is 0 Å². The summed E-state index contributed by atoms with van der Waals surface area (Å²) in [4.78, 5) is 36.5. The van der Waals surface area contributed by atoms with Crippen LogP contribution in [-0.4, -0.2) is 30.9 Å². The number of thiophene rings is 1. The molecule has 148 valence electrons. The molecule has 6 nitrogen and oxygen atoms in total. The van der Waals surface area contributed by atoms with Crippen LogP contribution >= 0.6 is 11.3 Å². The van der Waals surface area contributed by atoms with E-state index in [1.165, 1.54) is 11.3 Å². The third-order valence-corrected chi connectivity index (χ3v) is 4.94. The quantitative estimate of drug-likeness (QED) is 0.562. The topological polar surface area (TPSA) is 84.5 Å². The molecule has 0 fully saturated rings. The minimum atomic E-state index is -0.680. The van der Waals surface area contributed by atoms with Crippen molar-refractivity contribution in [3.8, 4) is 0 Å². The fraction of sp³-hybridized carbons (Fsp3) is 0.136. The lowest BCUT2D eigenvalue weighted by Gasteiger charge is -2.20. The van der Waals surface area contributed by atoms with Crippen LogP contribution in [0.15, 0.2) is 78.2 Å². The predicted molar refractivity (Wildman–Crippen MR) is 110 cm³/mol. The first-order valence-electron chi connectivity index (χ1n) is 9.00. The van der Waals surface area contributed by atoms with Gasteiger partial charge in [0.05, 0.1) is 10.9 Å². The van der Waals surface area contributed by atoms with Gasteiger partial charge < -0.3 is 15.4 Å². The van der Waals surface area contributed by atoms with Crippen LogP contribution < -0.4 is 10.6 Å². The molecular weight excluding hydrogens is 388 g/mol. The van der Waals surface area contributed by atoms with Gasteiger partial charge in [0.25, 0.3) is 11.8 Å². The van der Waals surface area contributed by atoms with Crippen molar-refractivity contribution in [1.82, 2.24) is 10.6 Å². The van der Waals surface area contributed by atoms with E-state index in [0.717, 1.165) is 11.1 Å². The lowest BCUT2D eigenvalue weighted by atomic mass is 9.99. The van der Waals surface area contributed by atoms with E-state index in [2.05, 4.69) is 10.6 Å². The van der Waals surface area contributed by atoms with Crippen LogP contribution in [-0.2, 0) is 14.3 Å². The van der Waals surface area contributed by atoms with Gasteiger partial charge in [-0.15, -0.1) is 11.3 Å². The number of nitrogens with one attached hydrogen (secondary N) is 2. The highest BCUT2D eigenvalue weighted by atomic mass is 32.1. The first-order chi connectivity index (χ1) is 14.1. The average molecular weight is 408 g/mol. The minimum Gasteiger partial charge on any atom is -0.454 e. The Balaban J connectivity index is 1.52. The third-order valence-electron chi connectivity index (χ3n) is 4.07. The zero-order chi connectivity index (χ0) is 20.5. The average Bonchev–Trinajstić information content (AvgIpc) is 3.30. The third kappa shape index (κ3) is 6.02. The Morgan fingerprint density at radius 3 is 2.03 bits per heavy atom. The maximum absolute atomic E-state index is 12.4. The number of carbonyl (C=O) groups excluding carboxylic acids is 3. The van der Waals surface area contributed by atoms with Gasteiger partial charge in [-0.3, -0.25) is 14.4 Å². The van der Waals surface area contributed by atoms with Gasteiger partial charge in [-0.05, 0) is 22.6 Å². The Labute approximate surface area is 172 Å². The standard InChI is InChI=1S/C22H20N2O4S/c25-19(15-28-20(26)14-23-22(27)18-12-7-13-29-18)24-21(16-8-3-1-4-9-16)17-10-5-2-6-11-17/h1-13,21H,14-15H2,(H,23,27)(H,24,25).